The first-order chi connectivity index (χ1) is 31.4. The minimum Gasteiger partial charge on any atom is -0.598 e. The SMILES string of the molecule is COc1ccc([O][Al]2[O]C(c3ccc4ccccc4c3)(c3ccc4ccccc4c3)[C@@H]3OC(C)(C)O[C@H]3C(c3ccc4ccccc4c3)(c3ccc4ccccc4c3)[O]2)c(C(C)(C)C)c1. The van der Waals surface area contributed by atoms with Crippen molar-refractivity contribution in [2.45, 2.75) is 69.2 Å². The maximum Gasteiger partial charge on any atom is 1.00 e. The number of benzene rings is 9. The molecule has 2 atom stereocenters. The summed E-state index contributed by atoms with van der Waals surface area (Å²) in [5.74, 6) is 0.347. The van der Waals surface area contributed by atoms with Crippen LogP contribution in [0, 0.1) is 0 Å². The lowest BCUT2D eigenvalue weighted by Gasteiger charge is -2.44. The lowest BCUT2D eigenvalue weighted by atomic mass is 9.71. The molecule has 2 fully saturated rings. The molecule has 2 aliphatic heterocycles. The Kier molecular flexibility index (Phi) is 10.2. The van der Waals surface area contributed by atoms with Crippen LogP contribution >= 0.6 is 0 Å². The lowest BCUT2D eigenvalue weighted by molar-refractivity contribution is -0.180. The molecule has 65 heavy (non-hydrogen) atoms. The van der Waals surface area contributed by atoms with Crippen LogP contribution < -0.4 is 8.53 Å². The Morgan fingerprint density at radius 3 is 1.14 bits per heavy atom. The fraction of sp³-hybridized carbons (Fsp3) is 0.207. The van der Waals surface area contributed by atoms with Crippen molar-refractivity contribution in [3.05, 3.63) is 216 Å². The summed E-state index contributed by atoms with van der Waals surface area (Å²) in [6.45, 7) is 10.5. The zero-order chi connectivity index (χ0) is 44.6. The molecular formula is C58H51AlO6. The highest BCUT2D eigenvalue weighted by Crippen LogP contribution is 2.57. The molecule has 2 saturated heterocycles. The molecule has 2 aliphatic rings. The third kappa shape index (κ3) is 7.19. The molecule has 0 saturated carbocycles. The predicted octanol–water partition coefficient (Wildman–Crippen LogP) is 13.4. The second-order valence-electron chi connectivity index (χ2n) is 19.0. The molecule has 0 amide bonds. The van der Waals surface area contributed by atoms with Gasteiger partial charge in [0.25, 0.3) is 0 Å². The van der Waals surface area contributed by atoms with E-state index in [0.717, 1.165) is 76.7 Å². The fourth-order valence-electron chi connectivity index (χ4n) is 10.2. The third-order valence-electron chi connectivity index (χ3n) is 13.4. The van der Waals surface area contributed by atoms with Crippen molar-refractivity contribution in [1.29, 1.82) is 0 Å². The number of hydrogen-bond acceptors (Lipinski definition) is 6. The summed E-state index contributed by atoms with van der Waals surface area (Å²) in [4.78, 5) is 0. The molecule has 0 aromatic heterocycles. The minimum absolute atomic E-state index is 0.322. The van der Waals surface area contributed by atoms with E-state index in [0.29, 0.717) is 5.75 Å². The standard InChI is InChI=1S/C47H36O4.C11H16O2.Al/c1-45(2)50-43(46(48,39-23-19-31-11-3-7-15-35(31)27-39)40-24-20-32-12-4-8-16-36(32)28-40)44(51-45)47(49,41-25-21-33-13-5-9-17-37(33)29-41)42-26-22-34-14-6-10-18-38(34)30-42;1-11(2,3)9-7-8(13-4)5-6-10(9)12;/h3-30,43-44H,1-2H3;5-7,12H,1-4H3;/q-2;;+3/p-1/t43-,44-;;/m1../s1. The molecular weight excluding hydrogens is 820 g/mol. The van der Waals surface area contributed by atoms with Crippen molar-refractivity contribution in [2.24, 2.45) is 0 Å². The molecule has 6 nitrogen and oxygen atoms in total. The van der Waals surface area contributed by atoms with E-state index in [-0.39, 0.29) is 5.41 Å². The first-order valence-corrected chi connectivity index (χ1v) is 23.9. The van der Waals surface area contributed by atoms with E-state index < -0.39 is 44.3 Å². The van der Waals surface area contributed by atoms with E-state index in [2.05, 4.69) is 197 Å². The number of ether oxygens (including phenoxy) is 3. The van der Waals surface area contributed by atoms with Crippen LogP contribution in [0.1, 0.15) is 62.4 Å². The van der Waals surface area contributed by atoms with Crippen LogP contribution in [0.25, 0.3) is 43.1 Å². The summed E-state index contributed by atoms with van der Waals surface area (Å²) in [5.41, 5.74) is 1.63. The van der Waals surface area contributed by atoms with Crippen LogP contribution in [-0.4, -0.2) is 40.3 Å². The molecule has 0 aliphatic carbocycles. The van der Waals surface area contributed by atoms with Gasteiger partial charge in [-0.25, -0.2) is 0 Å². The molecule has 9 aromatic rings. The highest BCUT2D eigenvalue weighted by molar-refractivity contribution is 6.38. The number of methoxy groups -OCH3 is 1. The van der Waals surface area contributed by atoms with Gasteiger partial charge in [0.2, 0.25) is 0 Å². The fourth-order valence-corrected chi connectivity index (χ4v) is 12.2. The monoisotopic (exact) mass is 870 g/mol. The number of hydrogen-bond donors (Lipinski definition) is 0. The van der Waals surface area contributed by atoms with Gasteiger partial charge in [0.05, 0.1) is 12.9 Å². The quantitative estimate of drug-likeness (QED) is 0.149. The van der Waals surface area contributed by atoms with Crippen molar-refractivity contribution >= 4 is 58.2 Å². The van der Waals surface area contributed by atoms with Crippen LogP contribution in [0.5, 0.6) is 11.5 Å². The molecule has 2 heterocycles. The van der Waals surface area contributed by atoms with Crippen LogP contribution in [0.2, 0.25) is 0 Å². The van der Waals surface area contributed by atoms with Crippen molar-refractivity contribution < 1.29 is 25.6 Å². The number of rotatable bonds is 7. The van der Waals surface area contributed by atoms with Gasteiger partial charge in [-0.05, 0) is 133 Å². The highest BCUT2D eigenvalue weighted by atomic mass is 27.3. The maximum absolute atomic E-state index is 8.04. The average molecular weight is 871 g/mol. The van der Waals surface area contributed by atoms with Gasteiger partial charge in [-0.3, -0.25) is 0 Å². The van der Waals surface area contributed by atoms with Crippen molar-refractivity contribution in [2.75, 3.05) is 7.11 Å². The molecule has 322 valence electrons. The molecule has 0 N–H and O–H groups in total. The van der Waals surface area contributed by atoms with Crippen LogP contribution in [0.15, 0.2) is 188 Å². The van der Waals surface area contributed by atoms with Crippen LogP contribution in [0.3, 0.4) is 0 Å². The van der Waals surface area contributed by atoms with Gasteiger partial charge in [-0.1, -0.05) is 166 Å². The summed E-state index contributed by atoms with van der Waals surface area (Å²) in [5, 5.41) is 8.79. The van der Waals surface area contributed by atoms with E-state index in [1.807, 2.05) is 26.0 Å². The Balaban J connectivity index is 1.26. The van der Waals surface area contributed by atoms with Crippen molar-refractivity contribution in [1.82, 2.24) is 0 Å². The topological polar surface area (TPSA) is 55.4 Å². The van der Waals surface area contributed by atoms with E-state index in [4.69, 9.17) is 25.6 Å². The van der Waals surface area contributed by atoms with E-state index in [9.17, 15) is 0 Å². The predicted molar refractivity (Wildman–Crippen MR) is 261 cm³/mol. The Morgan fingerprint density at radius 2 is 0.800 bits per heavy atom. The Labute approximate surface area is 385 Å². The van der Waals surface area contributed by atoms with Gasteiger partial charge < -0.3 is 25.6 Å². The molecule has 0 unspecified atom stereocenters. The molecule has 11 rings (SSSR count). The molecule has 9 aromatic carbocycles. The smallest absolute Gasteiger partial charge is 0.598 e. The molecule has 0 radical (unpaired) electrons. The van der Waals surface area contributed by atoms with Gasteiger partial charge in [-0.15, -0.1) is 0 Å². The minimum atomic E-state index is -3.50. The summed E-state index contributed by atoms with van der Waals surface area (Å²) in [6, 6.07) is 66.2. The summed E-state index contributed by atoms with van der Waals surface area (Å²) in [6.07, 6.45) is -1.56. The zero-order valence-electron chi connectivity index (χ0n) is 37.6. The average Bonchev–Trinajstić information content (AvgIpc) is 3.61. The third-order valence-corrected chi connectivity index (χ3v) is 15.0. The Bertz CT molecular complexity index is 2920. The molecule has 7 heteroatoms. The normalized spacial score (nSPS) is 19.0. The molecule has 0 spiro atoms. The first-order valence-electron chi connectivity index (χ1n) is 22.5. The lowest BCUT2D eigenvalue weighted by Crippen LogP contribution is -2.53. The molecule has 0 bridgehead atoms. The van der Waals surface area contributed by atoms with Gasteiger partial charge in [0.1, 0.15) is 29.2 Å². The van der Waals surface area contributed by atoms with Crippen LogP contribution in [-0.2, 0) is 33.7 Å². The Morgan fingerprint density at radius 1 is 0.446 bits per heavy atom. The summed E-state index contributed by atoms with van der Waals surface area (Å²) in [7, 11) is 1.69. The first kappa shape index (κ1) is 41.7. The van der Waals surface area contributed by atoms with Gasteiger partial charge in [-0.2, -0.15) is 0 Å². The maximum atomic E-state index is 8.04. The largest absolute Gasteiger partial charge is 1.00 e. The second kappa shape index (κ2) is 15.9. The van der Waals surface area contributed by atoms with Crippen molar-refractivity contribution in [3.8, 4) is 11.5 Å². The van der Waals surface area contributed by atoms with Gasteiger partial charge in [0, 0.05) is 0 Å². The van der Waals surface area contributed by atoms with E-state index in [1.54, 1.807) is 7.11 Å². The van der Waals surface area contributed by atoms with Crippen molar-refractivity contribution in [3.63, 3.8) is 0 Å². The summed E-state index contributed by atoms with van der Waals surface area (Å²) < 4.78 is 44.3. The van der Waals surface area contributed by atoms with E-state index in [1.165, 1.54) is 0 Å². The second-order valence-corrected chi connectivity index (χ2v) is 20.2. The van der Waals surface area contributed by atoms with Gasteiger partial charge in [0.15, 0.2) is 5.79 Å². The van der Waals surface area contributed by atoms with Crippen LogP contribution in [0.4, 0.5) is 0 Å². The highest BCUT2D eigenvalue weighted by Gasteiger charge is 2.70. The number of fused-ring (bicyclic) bond motifs is 5. The zero-order valence-corrected chi connectivity index (χ0v) is 38.7. The Hall–Kier alpha value is -6.01. The van der Waals surface area contributed by atoms with Gasteiger partial charge >= 0.3 is 15.1 Å². The summed E-state index contributed by atoms with van der Waals surface area (Å²) >= 11 is -3.50. The van der Waals surface area contributed by atoms with E-state index >= 15 is 0 Å².